The summed E-state index contributed by atoms with van der Waals surface area (Å²) in [5.74, 6) is -0.325. The summed E-state index contributed by atoms with van der Waals surface area (Å²) in [5, 5.41) is 8.88. The zero-order valence-electron chi connectivity index (χ0n) is 17.9. The van der Waals surface area contributed by atoms with Crippen molar-refractivity contribution in [1.29, 1.82) is 0 Å². The van der Waals surface area contributed by atoms with Crippen LogP contribution in [0.3, 0.4) is 0 Å². The molecule has 0 saturated carbocycles. The minimum atomic E-state index is -0.210. The topological polar surface area (TPSA) is 84.0 Å². The summed E-state index contributed by atoms with van der Waals surface area (Å²) in [6.45, 7) is 5.44. The predicted molar refractivity (Wildman–Crippen MR) is 131 cm³/mol. The Morgan fingerprint density at radius 1 is 0.938 bits per heavy atom. The number of thiazole rings is 2. The van der Waals surface area contributed by atoms with Crippen LogP contribution in [0.1, 0.15) is 34.8 Å². The fourth-order valence-electron chi connectivity index (χ4n) is 3.16. The molecule has 0 atom stereocenters. The van der Waals surface area contributed by atoms with Gasteiger partial charge in [0.25, 0.3) is 5.91 Å². The van der Waals surface area contributed by atoms with Crippen LogP contribution in [0.15, 0.2) is 53.9 Å². The average molecular weight is 463 g/mol. The molecule has 0 aliphatic heterocycles. The number of nitrogens with zero attached hydrogens (tertiary/aromatic N) is 2. The van der Waals surface area contributed by atoms with E-state index in [1.54, 1.807) is 0 Å². The summed E-state index contributed by atoms with van der Waals surface area (Å²) < 4.78 is 0. The van der Waals surface area contributed by atoms with E-state index in [0.717, 1.165) is 33.9 Å². The van der Waals surface area contributed by atoms with E-state index in [9.17, 15) is 9.59 Å². The summed E-state index contributed by atoms with van der Waals surface area (Å²) in [4.78, 5) is 33.7. The van der Waals surface area contributed by atoms with Crippen molar-refractivity contribution in [3.05, 3.63) is 70.0 Å². The van der Waals surface area contributed by atoms with Crippen LogP contribution in [0.2, 0.25) is 0 Å². The number of carbonyl (C=O) groups excluding carboxylic acids is 2. The highest BCUT2D eigenvalue weighted by molar-refractivity contribution is 7.17. The maximum Gasteiger partial charge on any atom is 0.269 e. The van der Waals surface area contributed by atoms with Gasteiger partial charge in [0.2, 0.25) is 5.91 Å². The highest BCUT2D eigenvalue weighted by atomic mass is 32.1. The minimum absolute atomic E-state index is 0.115. The fourth-order valence-corrected chi connectivity index (χ4v) is 4.84. The van der Waals surface area contributed by atoms with Crippen molar-refractivity contribution in [1.82, 2.24) is 9.97 Å². The number of aryl methyl sites for hydroxylation is 2. The normalized spacial score (nSPS) is 10.7. The summed E-state index contributed by atoms with van der Waals surface area (Å²) in [5.41, 5.74) is 5.37. The van der Waals surface area contributed by atoms with Gasteiger partial charge in [-0.1, -0.05) is 43.3 Å². The first-order valence-electron chi connectivity index (χ1n) is 10.1. The standard InChI is InChI=1S/C24H22N4O2S2/c1-4-16-5-7-18(8-6-16)23-25-14(2)21(32-23)22(30)28-24-27-20(13-31-24)17-9-11-19(12-10-17)26-15(3)29/h5-13H,4H2,1-3H3,(H,26,29)(H,27,28,30). The van der Waals surface area contributed by atoms with Gasteiger partial charge in [0, 0.05) is 29.1 Å². The largest absolute Gasteiger partial charge is 0.326 e. The first-order chi connectivity index (χ1) is 15.4. The second-order valence-electron chi connectivity index (χ2n) is 7.23. The Balaban J connectivity index is 1.47. The van der Waals surface area contributed by atoms with Crippen molar-refractivity contribution in [2.45, 2.75) is 27.2 Å². The van der Waals surface area contributed by atoms with E-state index in [1.165, 1.54) is 35.2 Å². The van der Waals surface area contributed by atoms with Crippen molar-refractivity contribution < 1.29 is 9.59 Å². The molecule has 0 aliphatic carbocycles. The highest BCUT2D eigenvalue weighted by Gasteiger charge is 2.18. The maximum absolute atomic E-state index is 12.9. The molecule has 0 bridgehead atoms. The Bertz CT molecular complexity index is 1260. The molecular formula is C24H22N4O2S2. The van der Waals surface area contributed by atoms with Gasteiger partial charge in [-0.15, -0.1) is 22.7 Å². The van der Waals surface area contributed by atoms with Crippen LogP contribution >= 0.6 is 22.7 Å². The quantitative estimate of drug-likeness (QED) is 0.367. The summed E-state index contributed by atoms with van der Waals surface area (Å²) >= 11 is 2.75. The highest BCUT2D eigenvalue weighted by Crippen LogP contribution is 2.30. The van der Waals surface area contributed by atoms with Crippen LogP contribution in [0.25, 0.3) is 21.8 Å². The third kappa shape index (κ3) is 4.92. The van der Waals surface area contributed by atoms with Crippen LogP contribution in [-0.2, 0) is 11.2 Å². The van der Waals surface area contributed by atoms with E-state index in [2.05, 4.69) is 39.7 Å². The van der Waals surface area contributed by atoms with Crippen molar-refractivity contribution >= 4 is 45.3 Å². The molecule has 2 aromatic carbocycles. The molecule has 162 valence electrons. The van der Waals surface area contributed by atoms with E-state index < -0.39 is 0 Å². The number of nitrogens with one attached hydrogen (secondary N) is 2. The van der Waals surface area contributed by atoms with E-state index in [0.29, 0.717) is 15.7 Å². The molecule has 0 unspecified atom stereocenters. The van der Waals surface area contributed by atoms with Gasteiger partial charge in [0.1, 0.15) is 9.88 Å². The van der Waals surface area contributed by atoms with Crippen LogP contribution in [-0.4, -0.2) is 21.8 Å². The van der Waals surface area contributed by atoms with E-state index in [4.69, 9.17) is 0 Å². The first-order valence-corrected chi connectivity index (χ1v) is 11.8. The molecule has 0 radical (unpaired) electrons. The molecule has 4 rings (SSSR count). The van der Waals surface area contributed by atoms with Crippen LogP contribution in [0, 0.1) is 6.92 Å². The Morgan fingerprint density at radius 2 is 1.62 bits per heavy atom. The number of benzene rings is 2. The minimum Gasteiger partial charge on any atom is -0.326 e. The van der Waals surface area contributed by atoms with Gasteiger partial charge in [0.15, 0.2) is 5.13 Å². The van der Waals surface area contributed by atoms with Gasteiger partial charge in [0.05, 0.1) is 11.4 Å². The molecule has 0 aliphatic rings. The maximum atomic E-state index is 12.9. The molecule has 2 amide bonds. The Kier molecular flexibility index (Phi) is 6.43. The first kappa shape index (κ1) is 21.9. The number of carbonyl (C=O) groups is 2. The average Bonchev–Trinajstić information content (AvgIpc) is 3.40. The number of hydrogen-bond acceptors (Lipinski definition) is 6. The lowest BCUT2D eigenvalue weighted by atomic mass is 10.1. The molecular weight excluding hydrogens is 440 g/mol. The molecule has 8 heteroatoms. The third-order valence-corrected chi connectivity index (χ3v) is 6.80. The SMILES string of the molecule is CCc1ccc(-c2nc(C)c(C(=O)Nc3nc(-c4ccc(NC(C)=O)cc4)cs3)s2)cc1. The van der Waals surface area contributed by atoms with Crippen LogP contribution in [0.4, 0.5) is 10.8 Å². The van der Waals surface area contributed by atoms with Crippen LogP contribution in [0.5, 0.6) is 0 Å². The second-order valence-corrected chi connectivity index (χ2v) is 9.09. The van der Waals surface area contributed by atoms with E-state index in [-0.39, 0.29) is 11.8 Å². The zero-order chi connectivity index (χ0) is 22.7. The van der Waals surface area contributed by atoms with Gasteiger partial charge < -0.3 is 5.32 Å². The molecule has 32 heavy (non-hydrogen) atoms. The van der Waals surface area contributed by atoms with E-state index >= 15 is 0 Å². The zero-order valence-corrected chi connectivity index (χ0v) is 19.6. The Hall–Kier alpha value is -3.36. The van der Waals surface area contributed by atoms with Crippen molar-refractivity contribution in [2.75, 3.05) is 10.6 Å². The second kappa shape index (κ2) is 9.42. The molecule has 2 heterocycles. The Labute approximate surface area is 194 Å². The lowest BCUT2D eigenvalue weighted by Crippen LogP contribution is -2.11. The molecule has 0 spiro atoms. The number of hydrogen-bond donors (Lipinski definition) is 2. The monoisotopic (exact) mass is 462 g/mol. The number of anilines is 2. The number of aromatic nitrogens is 2. The third-order valence-electron chi connectivity index (χ3n) is 4.84. The van der Waals surface area contributed by atoms with E-state index in [1.807, 2.05) is 48.7 Å². The predicted octanol–water partition coefficient (Wildman–Crippen LogP) is 6.02. The Morgan fingerprint density at radius 3 is 2.28 bits per heavy atom. The van der Waals surface area contributed by atoms with Crippen molar-refractivity contribution in [3.8, 4) is 21.8 Å². The number of rotatable bonds is 6. The van der Waals surface area contributed by atoms with Gasteiger partial charge in [-0.2, -0.15) is 0 Å². The molecule has 6 nitrogen and oxygen atoms in total. The molecule has 2 aromatic heterocycles. The fraction of sp³-hybridized carbons (Fsp3) is 0.167. The number of amides is 2. The smallest absolute Gasteiger partial charge is 0.269 e. The van der Waals surface area contributed by atoms with Crippen molar-refractivity contribution in [2.24, 2.45) is 0 Å². The lowest BCUT2D eigenvalue weighted by molar-refractivity contribution is -0.114. The van der Waals surface area contributed by atoms with Gasteiger partial charge in [-0.3, -0.25) is 14.9 Å². The summed E-state index contributed by atoms with van der Waals surface area (Å²) in [6.07, 6.45) is 0.986. The van der Waals surface area contributed by atoms with Gasteiger partial charge >= 0.3 is 0 Å². The molecule has 0 saturated heterocycles. The van der Waals surface area contributed by atoms with Crippen molar-refractivity contribution in [3.63, 3.8) is 0 Å². The molecule has 0 fully saturated rings. The summed E-state index contributed by atoms with van der Waals surface area (Å²) in [7, 11) is 0. The van der Waals surface area contributed by atoms with Gasteiger partial charge in [-0.05, 0) is 31.0 Å². The summed E-state index contributed by atoms with van der Waals surface area (Å²) in [6, 6.07) is 15.7. The van der Waals surface area contributed by atoms with Crippen LogP contribution < -0.4 is 10.6 Å². The molecule has 4 aromatic rings. The van der Waals surface area contributed by atoms with Gasteiger partial charge in [-0.25, -0.2) is 9.97 Å². The molecule has 2 N–H and O–H groups in total. The lowest BCUT2D eigenvalue weighted by Gasteiger charge is -2.03.